The lowest BCUT2D eigenvalue weighted by Gasteiger charge is -2.40. The van der Waals surface area contributed by atoms with E-state index in [1.165, 1.54) is 0 Å². The van der Waals surface area contributed by atoms with Crippen molar-refractivity contribution in [2.45, 2.75) is 66.8 Å². The van der Waals surface area contributed by atoms with Gasteiger partial charge in [-0.25, -0.2) is 8.78 Å². The molecule has 2 aliphatic heterocycles. The lowest BCUT2D eigenvalue weighted by molar-refractivity contribution is 0.0193. The van der Waals surface area contributed by atoms with E-state index in [4.69, 9.17) is 9.47 Å². The molecule has 8 rings (SSSR count). The summed E-state index contributed by atoms with van der Waals surface area (Å²) in [6.07, 6.45) is 0.616. The third-order valence-corrected chi connectivity index (χ3v) is 11.6. The van der Waals surface area contributed by atoms with Gasteiger partial charge in [0.2, 0.25) is 0 Å². The topological polar surface area (TPSA) is 91.0 Å². The van der Waals surface area contributed by atoms with E-state index in [0.717, 1.165) is 41.9 Å². The molecule has 3 heterocycles. The third-order valence-electron chi connectivity index (χ3n) is 11.6. The zero-order valence-electron chi connectivity index (χ0n) is 37.6. The summed E-state index contributed by atoms with van der Waals surface area (Å²) >= 11 is 0. The van der Waals surface area contributed by atoms with Crippen LogP contribution < -0.4 is 9.64 Å². The molecular weight excluding hydrogens is 809 g/mol. The fraction of sp³-hybridized carbons (Fsp3) is 0.302. The molecule has 6 aromatic rings. The summed E-state index contributed by atoms with van der Waals surface area (Å²) in [6, 6.07) is 37.8. The summed E-state index contributed by atoms with van der Waals surface area (Å²) in [4.78, 5) is 35.4. The zero-order valence-corrected chi connectivity index (χ0v) is 37.6. The quantitative estimate of drug-likeness (QED) is 0.129. The maximum atomic E-state index is 15.3. The van der Waals surface area contributed by atoms with Crippen LogP contribution in [-0.4, -0.2) is 65.1 Å². The molecule has 2 aliphatic rings. The van der Waals surface area contributed by atoms with Crippen LogP contribution in [0.5, 0.6) is 5.75 Å². The Bertz CT molecular complexity index is 2560. The van der Waals surface area contributed by atoms with E-state index in [-0.39, 0.29) is 29.6 Å². The molecule has 332 valence electrons. The van der Waals surface area contributed by atoms with E-state index in [0.29, 0.717) is 78.8 Å². The van der Waals surface area contributed by atoms with Gasteiger partial charge in [0.05, 0.1) is 42.5 Å². The van der Waals surface area contributed by atoms with Gasteiger partial charge < -0.3 is 23.8 Å². The van der Waals surface area contributed by atoms with Gasteiger partial charge >= 0.3 is 0 Å². The number of ether oxygens (including phenoxy) is 2. The number of nitrogens with zero attached hydrogens (tertiary/aromatic N) is 5. The minimum Gasteiger partial charge on any atom is -0.489 e. The number of hydrogen-bond donors (Lipinski definition) is 0. The molecule has 1 saturated heterocycles. The molecule has 0 bridgehead atoms. The number of morpholine rings is 1. The SMILES string of the molecule is CC.CC.Cc1c(C(=O)N(Cc2ccccc2C#N)c2ccc(OCc3ccccc3)cc2)cc(-c2cc(F)c(F)cc2C(=O)N2Cc3ccccc3C[C@H]2CN2CCOCC2)n1C. The molecule has 11 heteroatoms. The van der Waals surface area contributed by atoms with Crippen molar-refractivity contribution in [3.05, 3.63) is 178 Å². The average Bonchev–Trinajstić information content (AvgIpc) is 3.64. The molecule has 0 unspecified atom stereocenters. The van der Waals surface area contributed by atoms with Gasteiger partial charge in [-0.3, -0.25) is 14.5 Å². The van der Waals surface area contributed by atoms with Crippen LogP contribution in [-0.2, 0) is 37.9 Å². The number of nitriles is 1. The van der Waals surface area contributed by atoms with Crippen molar-refractivity contribution >= 4 is 17.5 Å². The Morgan fingerprint density at radius 1 is 0.812 bits per heavy atom. The average molecular weight is 866 g/mol. The summed E-state index contributed by atoms with van der Waals surface area (Å²) in [5.74, 6) is -2.43. The van der Waals surface area contributed by atoms with Gasteiger partial charge in [0.25, 0.3) is 11.8 Å². The second-order valence-corrected chi connectivity index (χ2v) is 15.3. The highest BCUT2D eigenvalue weighted by molar-refractivity contribution is 6.08. The van der Waals surface area contributed by atoms with Crippen molar-refractivity contribution in [3.8, 4) is 23.1 Å². The van der Waals surface area contributed by atoms with Crippen molar-refractivity contribution in [1.82, 2.24) is 14.4 Å². The Labute approximate surface area is 376 Å². The highest BCUT2D eigenvalue weighted by atomic mass is 19.2. The second kappa shape index (κ2) is 22.1. The van der Waals surface area contributed by atoms with Crippen molar-refractivity contribution < 1.29 is 27.8 Å². The Morgan fingerprint density at radius 3 is 2.16 bits per heavy atom. The van der Waals surface area contributed by atoms with Gasteiger partial charge in [-0.15, -0.1) is 0 Å². The Balaban J connectivity index is 0.00000165. The molecule has 1 aromatic heterocycles. The number of benzene rings is 5. The summed E-state index contributed by atoms with van der Waals surface area (Å²) < 4.78 is 44.0. The van der Waals surface area contributed by atoms with E-state index in [1.54, 1.807) is 70.8 Å². The van der Waals surface area contributed by atoms with Gasteiger partial charge in [-0.05, 0) is 84.1 Å². The standard InChI is InChI=1S/C49H45F2N5O4.2C2H6/c1-33-42(48(57)55(30-38-15-9-7-13-36(38)28-52)39-16-18-41(19-17-39)60-32-34-10-4-3-5-11-34)27-47(53(33)2)43-25-45(50)46(51)26-44(43)49(58)56-29-37-14-8-6-12-35(37)24-40(56)31-54-20-22-59-23-21-54;2*1-2/h3-19,25-27,40H,20-24,29-32H2,1-2H3;2*1-2H3/t40-;;/m0../s1. The van der Waals surface area contributed by atoms with Crippen LogP contribution in [0.4, 0.5) is 14.5 Å². The van der Waals surface area contributed by atoms with Crippen LogP contribution in [0, 0.1) is 29.9 Å². The summed E-state index contributed by atoms with van der Waals surface area (Å²) in [5, 5.41) is 9.94. The zero-order chi connectivity index (χ0) is 45.8. The number of carbonyl (C=O) groups excluding carboxylic acids is 2. The number of amides is 2. The maximum Gasteiger partial charge on any atom is 0.260 e. The van der Waals surface area contributed by atoms with Crippen LogP contribution in [0.2, 0.25) is 0 Å². The Morgan fingerprint density at radius 2 is 1.45 bits per heavy atom. The van der Waals surface area contributed by atoms with Crippen molar-refractivity contribution in [3.63, 3.8) is 0 Å². The Kier molecular flexibility index (Phi) is 16.2. The molecule has 0 saturated carbocycles. The van der Waals surface area contributed by atoms with Crippen LogP contribution in [0.15, 0.2) is 121 Å². The van der Waals surface area contributed by atoms with E-state index >= 15 is 8.78 Å². The summed E-state index contributed by atoms with van der Waals surface area (Å²) in [6.45, 7) is 13.8. The largest absolute Gasteiger partial charge is 0.489 e. The van der Waals surface area contributed by atoms with Gasteiger partial charge in [0.15, 0.2) is 11.6 Å². The van der Waals surface area contributed by atoms with Crippen LogP contribution in [0.1, 0.15) is 81.9 Å². The fourth-order valence-electron chi connectivity index (χ4n) is 8.16. The summed E-state index contributed by atoms with van der Waals surface area (Å²) in [7, 11) is 1.74. The van der Waals surface area contributed by atoms with E-state index < -0.39 is 17.5 Å². The highest BCUT2D eigenvalue weighted by Gasteiger charge is 2.35. The molecule has 9 nitrogen and oxygen atoms in total. The van der Waals surface area contributed by atoms with Gasteiger partial charge in [-0.2, -0.15) is 5.26 Å². The molecule has 0 radical (unpaired) electrons. The lowest BCUT2D eigenvalue weighted by atomic mass is 9.92. The number of rotatable bonds is 11. The van der Waals surface area contributed by atoms with Gasteiger partial charge in [-0.1, -0.05) is 100 Å². The molecule has 0 aliphatic carbocycles. The second-order valence-electron chi connectivity index (χ2n) is 15.3. The molecule has 0 spiro atoms. The first-order valence-electron chi connectivity index (χ1n) is 22.1. The molecule has 2 amide bonds. The van der Waals surface area contributed by atoms with E-state index in [9.17, 15) is 14.9 Å². The van der Waals surface area contributed by atoms with Gasteiger partial charge in [0.1, 0.15) is 12.4 Å². The highest BCUT2D eigenvalue weighted by Crippen LogP contribution is 2.35. The van der Waals surface area contributed by atoms with Crippen LogP contribution >= 0.6 is 0 Å². The fourth-order valence-corrected chi connectivity index (χ4v) is 8.16. The lowest BCUT2D eigenvalue weighted by Crippen LogP contribution is -2.52. The molecule has 64 heavy (non-hydrogen) atoms. The first-order chi connectivity index (χ1) is 31.2. The van der Waals surface area contributed by atoms with Gasteiger partial charge in [0, 0.05) is 61.9 Å². The predicted molar refractivity (Wildman–Crippen MR) is 248 cm³/mol. The number of carbonyl (C=O) groups is 2. The maximum absolute atomic E-state index is 15.3. The Hall–Kier alpha value is -6.61. The normalized spacial score (nSPS) is 14.5. The monoisotopic (exact) mass is 865 g/mol. The number of fused-ring (bicyclic) bond motifs is 1. The minimum absolute atomic E-state index is 0.00533. The number of anilines is 1. The third kappa shape index (κ3) is 10.6. The van der Waals surface area contributed by atoms with Crippen LogP contribution in [0.3, 0.4) is 0 Å². The summed E-state index contributed by atoms with van der Waals surface area (Å²) in [5.41, 5.74) is 6.22. The molecule has 1 fully saturated rings. The molecule has 1 atom stereocenters. The first kappa shape index (κ1) is 46.9. The van der Waals surface area contributed by atoms with Crippen LogP contribution in [0.25, 0.3) is 11.3 Å². The van der Waals surface area contributed by atoms with Crippen molar-refractivity contribution in [2.75, 3.05) is 37.7 Å². The van der Waals surface area contributed by atoms with E-state index in [2.05, 4.69) is 17.0 Å². The van der Waals surface area contributed by atoms with E-state index in [1.807, 2.05) is 88.4 Å². The molecular formula is C53H57F2N5O4. The molecule has 5 aromatic carbocycles. The van der Waals surface area contributed by atoms with Crippen molar-refractivity contribution in [1.29, 1.82) is 5.26 Å². The predicted octanol–water partition coefficient (Wildman–Crippen LogP) is 10.5. The number of halogens is 2. The smallest absolute Gasteiger partial charge is 0.260 e. The minimum atomic E-state index is -1.13. The first-order valence-corrected chi connectivity index (χ1v) is 22.1. The molecule has 0 N–H and O–H groups in total. The number of hydrogen-bond acceptors (Lipinski definition) is 6. The van der Waals surface area contributed by atoms with Crippen molar-refractivity contribution in [2.24, 2.45) is 7.05 Å². The number of aromatic nitrogens is 1.